The number of aliphatic hydroxyl groups excluding tert-OH is 1. The van der Waals surface area contributed by atoms with Gasteiger partial charge in [-0.15, -0.1) is 0 Å². The van der Waals surface area contributed by atoms with Crippen molar-refractivity contribution in [1.29, 1.82) is 0 Å². The van der Waals surface area contributed by atoms with E-state index in [-0.39, 0.29) is 25.9 Å². The van der Waals surface area contributed by atoms with E-state index in [1.807, 2.05) is 12.2 Å². The van der Waals surface area contributed by atoms with E-state index in [1.54, 1.807) is 0 Å². The van der Waals surface area contributed by atoms with Crippen molar-refractivity contribution in [2.45, 2.75) is 264 Å². The van der Waals surface area contributed by atoms with Crippen LogP contribution in [0.25, 0.3) is 0 Å². The molecule has 3 atom stereocenters. The molecule has 0 radical (unpaired) electrons. The van der Waals surface area contributed by atoms with Crippen LogP contribution in [0, 0.1) is 0 Å². The largest absolute Gasteiger partial charge is 0.472 e. The van der Waals surface area contributed by atoms with E-state index in [1.165, 1.54) is 89.9 Å². The van der Waals surface area contributed by atoms with Gasteiger partial charge in [0.2, 0.25) is 0 Å². The molecular formula is C64H109O11P. The molecule has 0 saturated carbocycles. The lowest BCUT2D eigenvalue weighted by Crippen LogP contribution is -2.30. The van der Waals surface area contributed by atoms with Gasteiger partial charge in [-0.2, -0.15) is 0 Å². The summed E-state index contributed by atoms with van der Waals surface area (Å²) in [5.41, 5.74) is 0. The summed E-state index contributed by atoms with van der Waals surface area (Å²) in [4.78, 5) is 48.6. The number of esters is 3. The van der Waals surface area contributed by atoms with E-state index in [4.69, 9.17) is 23.3 Å². The zero-order valence-corrected chi connectivity index (χ0v) is 49.1. The Kier molecular flexibility index (Phi) is 54.8. The van der Waals surface area contributed by atoms with E-state index in [2.05, 4.69) is 106 Å². The number of unbranched alkanes of at least 4 members (excludes halogenated alkanes) is 22. The summed E-state index contributed by atoms with van der Waals surface area (Å²) in [6.45, 7) is 4.42. The van der Waals surface area contributed by atoms with Gasteiger partial charge >= 0.3 is 25.7 Å². The highest BCUT2D eigenvalue weighted by Crippen LogP contribution is 2.43. The maximum absolute atomic E-state index is 12.9. The van der Waals surface area contributed by atoms with Crippen molar-refractivity contribution in [1.82, 2.24) is 0 Å². The molecule has 76 heavy (non-hydrogen) atoms. The third-order valence-electron chi connectivity index (χ3n) is 12.5. The number of allylic oxidation sites excluding steroid dienone is 16. The molecule has 0 aromatic rings. The molecule has 0 bridgehead atoms. The summed E-state index contributed by atoms with van der Waals surface area (Å²) in [5.74, 6) is -1.58. The standard InChI is InChI=1S/C64H109O11P/c1-4-7-10-13-16-19-22-25-28-29-30-31-34-35-38-41-44-47-50-53-62(66)71-57-61(75-64(68)55-52-49-46-43-40-37-33-27-24-21-18-15-12-9-6-3)59-73-76(69,70)72-58-60(56-65)74-63(67)54-51-48-45-42-39-36-32-26-23-20-17-14-11-8-5-2/h7,10,16,18-19,21,25,27-28,30-31,33,35,38,44,47,60-61,65H,4-6,8-9,11-15,17,20,22-24,26,29,32,34,36-37,39-43,45-46,48-59H2,1-3H3,(H,69,70)/b10-7-,19-16-,21-18-,28-25-,31-30-,33-27-,38-35-,47-44-. The van der Waals surface area contributed by atoms with Crippen LogP contribution in [0.2, 0.25) is 0 Å². The normalized spacial score (nSPS) is 14.0. The van der Waals surface area contributed by atoms with E-state index in [0.717, 1.165) is 103 Å². The van der Waals surface area contributed by atoms with E-state index in [9.17, 15) is 28.9 Å². The molecule has 12 heteroatoms. The molecular weight excluding hydrogens is 976 g/mol. The topological polar surface area (TPSA) is 155 Å². The fraction of sp³-hybridized carbons (Fsp3) is 0.703. The monoisotopic (exact) mass is 1080 g/mol. The van der Waals surface area contributed by atoms with Crippen molar-refractivity contribution in [3.05, 3.63) is 97.2 Å². The molecule has 0 heterocycles. The molecule has 2 N–H and O–H groups in total. The van der Waals surface area contributed by atoms with Crippen molar-refractivity contribution in [2.24, 2.45) is 0 Å². The molecule has 0 saturated heterocycles. The molecule has 0 aliphatic rings. The fourth-order valence-electron chi connectivity index (χ4n) is 7.94. The van der Waals surface area contributed by atoms with Crippen molar-refractivity contribution in [2.75, 3.05) is 26.4 Å². The number of phosphoric ester groups is 1. The molecule has 0 amide bonds. The minimum Gasteiger partial charge on any atom is -0.462 e. The molecule has 0 aliphatic heterocycles. The molecule has 0 rings (SSSR count). The van der Waals surface area contributed by atoms with Crippen LogP contribution in [-0.2, 0) is 42.2 Å². The number of aliphatic hydroxyl groups is 1. The molecule has 0 spiro atoms. The fourth-order valence-corrected chi connectivity index (χ4v) is 8.73. The zero-order chi connectivity index (χ0) is 55.5. The first kappa shape index (κ1) is 72.4. The Morgan fingerprint density at radius 1 is 0.382 bits per heavy atom. The number of rotatable bonds is 55. The van der Waals surface area contributed by atoms with Crippen molar-refractivity contribution in [3.63, 3.8) is 0 Å². The number of carbonyl (C=O) groups excluding carboxylic acids is 3. The molecule has 0 aromatic carbocycles. The third kappa shape index (κ3) is 55.2. The summed E-state index contributed by atoms with van der Waals surface area (Å²) >= 11 is 0. The van der Waals surface area contributed by atoms with Crippen LogP contribution in [-0.4, -0.2) is 66.5 Å². The molecule has 436 valence electrons. The summed E-state index contributed by atoms with van der Waals surface area (Å²) < 4.78 is 39.5. The lowest BCUT2D eigenvalue weighted by Gasteiger charge is -2.21. The predicted molar refractivity (Wildman–Crippen MR) is 316 cm³/mol. The van der Waals surface area contributed by atoms with Gasteiger partial charge in [0.05, 0.1) is 19.8 Å². The van der Waals surface area contributed by atoms with E-state index in [0.29, 0.717) is 19.3 Å². The second kappa shape index (κ2) is 57.6. The van der Waals surface area contributed by atoms with Crippen LogP contribution in [0.4, 0.5) is 0 Å². The number of carbonyl (C=O) groups is 3. The van der Waals surface area contributed by atoms with Gasteiger partial charge < -0.3 is 24.2 Å². The Morgan fingerprint density at radius 3 is 1.13 bits per heavy atom. The number of ether oxygens (including phenoxy) is 3. The van der Waals surface area contributed by atoms with Crippen molar-refractivity contribution in [3.8, 4) is 0 Å². The van der Waals surface area contributed by atoms with E-state index >= 15 is 0 Å². The average Bonchev–Trinajstić information content (AvgIpc) is 3.41. The quantitative estimate of drug-likeness (QED) is 0.0197. The molecule has 0 fully saturated rings. The van der Waals surface area contributed by atoms with Crippen LogP contribution >= 0.6 is 7.82 Å². The number of hydrogen-bond acceptors (Lipinski definition) is 10. The first-order valence-corrected chi connectivity index (χ1v) is 31.6. The maximum Gasteiger partial charge on any atom is 0.472 e. The first-order valence-electron chi connectivity index (χ1n) is 30.1. The van der Waals surface area contributed by atoms with Gasteiger partial charge in [0, 0.05) is 19.3 Å². The predicted octanol–water partition coefficient (Wildman–Crippen LogP) is 18.0. The third-order valence-corrected chi connectivity index (χ3v) is 13.5. The van der Waals surface area contributed by atoms with E-state index < -0.39 is 57.8 Å². The Labute approximate surface area is 463 Å². The summed E-state index contributed by atoms with van der Waals surface area (Å²) in [7, 11) is -4.77. The van der Waals surface area contributed by atoms with Crippen LogP contribution in [0.15, 0.2) is 97.2 Å². The van der Waals surface area contributed by atoms with Crippen molar-refractivity contribution < 1.29 is 52.2 Å². The highest BCUT2D eigenvalue weighted by atomic mass is 31.2. The van der Waals surface area contributed by atoms with Gasteiger partial charge in [-0.25, -0.2) is 4.57 Å². The molecule has 0 aliphatic carbocycles. The van der Waals surface area contributed by atoms with Crippen LogP contribution < -0.4 is 0 Å². The summed E-state index contributed by atoms with van der Waals surface area (Å²) in [6, 6.07) is 0. The highest BCUT2D eigenvalue weighted by molar-refractivity contribution is 7.47. The second-order valence-electron chi connectivity index (χ2n) is 19.8. The maximum atomic E-state index is 12.9. The van der Waals surface area contributed by atoms with Gasteiger partial charge in [0.1, 0.15) is 12.7 Å². The van der Waals surface area contributed by atoms with Crippen LogP contribution in [0.5, 0.6) is 0 Å². The smallest absolute Gasteiger partial charge is 0.462 e. The van der Waals surface area contributed by atoms with Crippen molar-refractivity contribution >= 4 is 25.7 Å². The Morgan fingerprint density at radius 2 is 0.711 bits per heavy atom. The zero-order valence-electron chi connectivity index (χ0n) is 48.2. The summed E-state index contributed by atoms with van der Waals surface area (Å²) in [5, 5.41) is 9.83. The molecule has 3 unspecified atom stereocenters. The average molecular weight is 1090 g/mol. The lowest BCUT2D eigenvalue weighted by atomic mass is 10.0. The minimum absolute atomic E-state index is 0.0952. The number of hydrogen-bond donors (Lipinski definition) is 2. The summed E-state index contributed by atoms with van der Waals surface area (Å²) in [6.07, 6.45) is 68.0. The van der Waals surface area contributed by atoms with Gasteiger partial charge in [0.25, 0.3) is 0 Å². The SMILES string of the molecule is CC/C=C\C/C=C\C/C=C\C/C=C\C/C=C\C/C=C\CCC(=O)OCC(COP(=O)(O)OCC(CO)OC(=O)CCCCCCCCCCCCCCCCC)OC(=O)CCCCCCC/C=C\C/C=C\CCCCC. The Bertz CT molecular complexity index is 1640. The van der Waals surface area contributed by atoms with Gasteiger partial charge in [0.15, 0.2) is 6.10 Å². The minimum atomic E-state index is -4.77. The van der Waals surface area contributed by atoms with Gasteiger partial charge in [-0.3, -0.25) is 23.4 Å². The molecule has 0 aromatic heterocycles. The second-order valence-corrected chi connectivity index (χ2v) is 21.2. The van der Waals surface area contributed by atoms with Gasteiger partial charge in [-0.05, 0) is 89.9 Å². The highest BCUT2D eigenvalue weighted by Gasteiger charge is 2.28. The Balaban J connectivity index is 4.82. The Hall–Kier alpha value is -3.60. The van der Waals surface area contributed by atoms with Crippen LogP contribution in [0.1, 0.15) is 252 Å². The lowest BCUT2D eigenvalue weighted by molar-refractivity contribution is -0.161. The molecule has 11 nitrogen and oxygen atoms in total. The van der Waals surface area contributed by atoms with Crippen LogP contribution in [0.3, 0.4) is 0 Å². The van der Waals surface area contributed by atoms with Gasteiger partial charge in [-0.1, -0.05) is 240 Å². The number of phosphoric acid groups is 1. The first-order chi connectivity index (χ1) is 37.2.